The molecule has 0 aromatic heterocycles. The number of hydrogen-bond acceptors (Lipinski definition) is 3. The lowest BCUT2D eigenvalue weighted by Crippen LogP contribution is -2.09. The van der Waals surface area contributed by atoms with Crippen LogP contribution >= 0.6 is 11.6 Å². The molecule has 4 nitrogen and oxygen atoms in total. The lowest BCUT2D eigenvalue weighted by Gasteiger charge is -2.04. The van der Waals surface area contributed by atoms with E-state index in [1.165, 1.54) is 18.2 Å². The Balaban J connectivity index is 2.31. The molecule has 1 aromatic rings. The number of nitrogens with zero attached hydrogens (tertiary/aromatic N) is 2. The Morgan fingerprint density at radius 3 is 2.44 bits per heavy atom. The molecule has 1 aliphatic rings. The van der Waals surface area contributed by atoms with Crippen LogP contribution in [0.5, 0.6) is 0 Å². The fraction of sp³-hybridized carbons (Fsp3) is 0.167. The van der Waals surface area contributed by atoms with E-state index in [0.717, 1.165) is 5.56 Å². The monoisotopic (exact) mass is 282 g/mol. The van der Waals surface area contributed by atoms with Crippen molar-refractivity contribution in [1.82, 2.24) is 0 Å². The summed E-state index contributed by atoms with van der Waals surface area (Å²) in [4.78, 5) is 4.08. The molecule has 2 rings (SSSR count). The van der Waals surface area contributed by atoms with Gasteiger partial charge in [-0.1, -0.05) is 29.3 Å². The number of benzene rings is 1. The average molecular weight is 283 g/mol. The van der Waals surface area contributed by atoms with Gasteiger partial charge in [0.2, 0.25) is 0 Å². The zero-order valence-corrected chi connectivity index (χ0v) is 11.2. The van der Waals surface area contributed by atoms with Gasteiger partial charge in [0.15, 0.2) is 0 Å². The summed E-state index contributed by atoms with van der Waals surface area (Å²) in [6.07, 6.45) is 3.08. The molecular formula is C12H11ClN2O2S. The number of hydrogen-bond donors (Lipinski definition) is 0. The SMILES string of the molecule is Cc1ccc(S(=O)(=O)N=C2C=CC(Cl)=NC2)cc1. The van der Waals surface area contributed by atoms with Gasteiger partial charge in [0.1, 0.15) is 5.17 Å². The van der Waals surface area contributed by atoms with Crippen molar-refractivity contribution in [2.75, 3.05) is 6.54 Å². The molecule has 0 saturated carbocycles. The molecule has 1 aromatic carbocycles. The molecule has 0 N–H and O–H groups in total. The van der Waals surface area contributed by atoms with Gasteiger partial charge in [0.05, 0.1) is 17.2 Å². The highest BCUT2D eigenvalue weighted by atomic mass is 35.5. The Labute approximate surface area is 111 Å². The number of rotatable bonds is 2. The fourth-order valence-corrected chi connectivity index (χ4v) is 2.54. The van der Waals surface area contributed by atoms with Gasteiger partial charge in [-0.3, -0.25) is 4.99 Å². The molecule has 0 unspecified atom stereocenters. The Kier molecular flexibility index (Phi) is 3.63. The first kappa shape index (κ1) is 13.0. The topological polar surface area (TPSA) is 58.9 Å². The molecule has 0 radical (unpaired) electrons. The molecule has 0 atom stereocenters. The van der Waals surface area contributed by atoms with E-state index in [9.17, 15) is 8.42 Å². The molecule has 0 aliphatic carbocycles. The molecule has 0 saturated heterocycles. The van der Waals surface area contributed by atoms with Gasteiger partial charge in [-0.25, -0.2) is 0 Å². The first-order valence-electron chi connectivity index (χ1n) is 5.26. The van der Waals surface area contributed by atoms with Crippen LogP contribution in [0, 0.1) is 6.92 Å². The van der Waals surface area contributed by atoms with Crippen LogP contribution in [0.3, 0.4) is 0 Å². The van der Waals surface area contributed by atoms with Crippen molar-refractivity contribution >= 4 is 32.5 Å². The highest BCUT2D eigenvalue weighted by Gasteiger charge is 2.14. The molecule has 0 spiro atoms. The van der Waals surface area contributed by atoms with Gasteiger partial charge < -0.3 is 0 Å². The van der Waals surface area contributed by atoms with Crippen molar-refractivity contribution in [3.63, 3.8) is 0 Å². The van der Waals surface area contributed by atoms with E-state index in [4.69, 9.17) is 11.6 Å². The molecule has 18 heavy (non-hydrogen) atoms. The normalized spacial score (nSPS) is 17.9. The van der Waals surface area contributed by atoms with Gasteiger partial charge >= 0.3 is 0 Å². The molecule has 0 amide bonds. The highest BCUT2D eigenvalue weighted by Crippen LogP contribution is 2.14. The summed E-state index contributed by atoms with van der Waals surface area (Å²) in [5.74, 6) is 0. The van der Waals surface area contributed by atoms with Crippen LogP contribution in [0.1, 0.15) is 5.56 Å². The fourth-order valence-electron chi connectivity index (χ4n) is 1.40. The summed E-state index contributed by atoms with van der Waals surface area (Å²) in [5, 5.41) is 0.349. The second-order valence-corrected chi connectivity index (χ2v) is 5.83. The standard InChI is InChI=1S/C12H11ClN2O2S/c1-9-2-5-11(6-3-9)18(16,17)15-10-4-7-12(13)14-8-10/h2-7H,8H2,1H3. The lowest BCUT2D eigenvalue weighted by atomic mass is 10.2. The first-order chi connectivity index (χ1) is 8.47. The summed E-state index contributed by atoms with van der Waals surface area (Å²) < 4.78 is 27.7. The van der Waals surface area contributed by atoms with Crippen LogP contribution < -0.4 is 0 Å². The van der Waals surface area contributed by atoms with Crippen LogP contribution in [-0.2, 0) is 10.0 Å². The van der Waals surface area contributed by atoms with Gasteiger partial charge in [0, 0.05) is 0 Å². The van der Waals surface area contributed by atoms with Crippen molar-refractivity contribution in [1.29, 1.82) is 0 Å². The summed E-state index contributed by atoms with van der Waals surface area (Å²) in [6, 6.07) is 6.55. The Hall–Kier alpha value is -1.46. The van der Waals surface area contributed by atoms with Crippen LogP contribution in [0.25, 0.3) is 0 Å². The summed E-state index contributed by atoms with van der Waals surface area (Å²) in [7, 11) is -3.67. The van der Waals surface area contributed by atoms with Gasteiger partial charge in [-0.05, 0) is 31.2 Å². The summed E-state index contributed by atoms with van der Waals surface area (Å²) >= 11 is 5.65. The molecule has 0 bridgehead atoms. The predicted octanol–water partition coefficient (Wildman–Crippen LogP) is 2.33. The molecule has 94 valence electrons. The number of halogens is 1. The van der Waals surface area contributed by atoms with Gasteiger partial charge in [-0.15, -0.1) is 0 Å². The first-order valence-corrected chi connectivity index (χ1v) is 7.08. The largest absolute Gasteiger partial charge is 0.282 e. The summed E-state index contributed by atoms with van der Waals surface area (Å²) in [6.45, 7) is 2.07. The Bertz CT molecular complexity index is 643. The third-order valence-corrected chi connectivity index (χ3v) is 3.95. The molecule has 1 heterocycles. The Morgan fingerprint density at radius 2 is 1.89 bits per heavy atom. The highest BCUT2D eigenvalue weighted by molar-refractivity contribution is 7.90. The third-order valence-electron chi connectivity index (χ3n) is 2.36. The van der Waals surface area contributed by atoms with Crippen LogP contribution in [-0.4, -0.2) is 25.8 Å². The maximum absolute atomic E-state index is 12.0. The maximum Gasteiger partial charge on any atom is 0.282 e. The minimum Gasteiger partial charge on any atom is -0.267 e. The quantitative estimate of drug-likeness (QED) is 0.836. The van der Waals surface area contributed by atoms with E-state index in [2.05, 4.69) is 9.39 Å². The molecule has 0 fully saturated rings. The van der Waals surface area contributed by atoms with E-state index in [-0.39, 0.29) is 11.4 Å². The van der Waals surface area contributed by atoms with Crippen molar-refractivity contribution in [3.05, 3.63) is 42.0 Å². The van der Waals surface area contributed by atoms with E-state index in [1.54, 1.807) is 18.2 Å². The lowest BCUT2D eigenvalue weighted by molar-refractivity contribution is 0.598. The maximum atomic E-state index is 12.0. The minimum atomic E-state index is -3.67. The second kappa shape index (κ2) is 5.04. The van der Waals surface area contributed by atoms with Crippen LogP contribution in [0.2, 0.25) is 0 Å². The third kappa shape index (κ3) is 3.05. The number of dihydropyridines is 1. The van der Waals surface area contributed by atoms with Gasteiger partial charge in [0.25, 0.3) is 10.0 Å². The Morgan fingerprint density at radius 1 is 1.22 bits per heavy atom. The van der Waals surface area contributed by atoms with Crippen LogP contribution in [0.15, 0.2) is 50.7 Å². The predicted molar refractivity (Wildman–Crippen MR) is 73.1 cm³/mol. The van der Waals surface area contributed by atoms with Gasteiger partial charge in [-0.2, -0.15) is 12.8 Å². The van der Waals surface area contributed by atoms with Crippen molar-refractivity contribution in [2.45, 2.75) is 11.8 Å². The zero-order valence-electron chi connectivity index (χ0n) is 9.67. The van der Waals surface area contributed by atoms with Crippen molar-refractivity contribution < 1.29 is 8.42 Å². The van der Waals surface area contributed by atoms with E-state index in [0.29, 0.717) is 10.9 Å². The van der Waals surface area contributed by atoms with E-state index >= 15 is 0 Å². The smallest absolute Gasteiger partial charge is 0.267 e. The average Bonchev–Trinajstić information content (AvgIpc) is 2.32. The van der Waals surface area contributed by atoms with Crippen molar-refractivity contribution in [2.24, 2.45) is 9.39 Å². The number of sulfonamides is 1. The summed E-state index contributed by atoms with van der Waals surface area (Å²) in [5.41, 5.74) is 1.37. The number of allylic oxidation sites excluding steroid dienone is 1. The molecule has 1 aliphatic heterocycles. The van der Waals surface area contributed by atoms with Crippen LogP contribution in [0.4, 0.5) is 0 Å². The number of aryl methyl sites for hydroxylation is 1. The zero-order chi connectivity index (χ0) is 13.2. The molecular weight excluding hydrogens is 272 g/mol. The number of aliphatic imine (C=N–C) groups is 1. The molecule has 6 heteroatoms. The van der Waals surface area contributed by atoms with E-state index in [1.807, 2.05) is 6.92 Å². The van der Waals surface area contributed by atoms with Crippen molar-refractivity contribution in [3.8, 4) is 0 Å². The van der Waals surface area contributed by atoms with E-state index < -0.39 is 10.0 Å². The minimum absolute atomic E-state index is 0.176. The second-order valence-electron chi connectivity index (χ2n) is 3.84.